The van der Waals surface area contributed by atoms with Crippen molar-refractivity contribution in [3.05, 3.63) is 11.8 Å². The minimum absolute atomic E-state index is 0.0661. The Morgan fingerprint density at radius 3 is 2.50 bits per heavy atom. The van der Waals surface area contributed by atoms with Gasteiger partial charge >= 0.3 is 6.18 Å². The molecule has 0 aliphatic carbocycles. The summed E-state index contributed by atoms with van der Waals surface area (Å²) in [5.41, 5.74) is -1.01. The summed E-state index contributed by atoms with van der Waals surface area (Å²) >= 11 is 0. The molecule has 0 aliphatic heterocycles. The number of anilines is 2. The van der Waals surface area contributed by atoms with E-state index in [1.165, 1.54) is 0 Å². The maximum atomic E-state index is 12.7. The van der Waals surface area contributed by atoms with Crippen LogP contribution >= 0.6 is 0 Å². The monoisotopic (exact) mass is 310 g/mol. The second-order valence-electron chi connectivity index (χ2n) is 3.85. The first-order chi connectivity index (χ1) is 9.36. The Morgan fingerprint density at radius 2 is 1.95 bits per heavy atom. The molecule has 1 aromatic rings. The molecule has 2 N–H and O–H groups in total. The van der Waals surface area contributed by atoms with Crippen molar-refractivity contribution in [3.8, 4) is 0 Å². The molecule has 0 aliphatic rings. The highest BCUT2D eigenvalue weighted by Crippen LogP contribution is 2.29. The van der Waals surface area contributed by atoms with Gasteiger partial charge in [-0.05, 0) is 6.92 Å². The molecule has 0 saturated heterocycles. The van der Waals surface area contributed by atoms with Crippen molar-refractivity contribution in [2.75, 3.05) is 35.2 Å². The summed E-state index contributed by atoms with van der Waals surface area (Å²) in [4.78, 5) is 7.33. The third kappa shape index (κ3) is 5.32. The highest BCUT2D eigenvalue weighted by Gasteiger charge is 2.33. The number of halogens is 3. The fourth-order valence-corrected chi connectivity index (χ4v) is 1.98. The first-order valence-corrected chi connectivity index (χ1v) is 7.64. The van der Waals surface area contributed by atoms with Crippen molar-refractivity contribution >= 4 is 22.6 Å². The van der Waals surface area contributed by atoms with Gasteiger partial charge in [-0.2, -0.15) is 18.2 Å². The quantitative estimate of drug-likeness (QED) is 0.807. The van der Waals surface area contributed by atoms with E-state index in [0.717, 1.165) is 6.07 Å². The maximum absolute atomic E-state index is 12.7. The predicted octanol–water partition coefficient (Wildman–Crippen LogP) is 2.11. The molecule has 1 heterocycles. The predicted molar refractivity (Wildman–Crippen MR) is 73.2 cm³/mol. The zero-order chi connectivity index (χ0) is 15.2. The van der Waals surface area contributed by atoms with Crippen LogP contribution in [0, 0.1) is 0 Å². The van der Waals surface area contributed by atoms with Crippen LogP contribution < -0.4 is 10.6 Å². The molecule has 1 atom stereocenters. The van der Waals surface area contributed by atoms with Crippen molar-refractivity contribution in [2.45, 2.75) is 20.0 Å². The average Bonchev–Trinajstić information content (AvgIpc) is 2.37. The van der Waals surface area contributed by atoms with Crippen LogP contribution in [0.15, 0.2) is 6.07 Å². The van der Waals surface area contributed by atoms with Gasteiger partial charge in [0.2, 0.25) is 5.95 Å². The van der Waals surface area contributed by atoms with Gasteiger partial charge in [-0.3, -0.25) is 4.21 Å². The number of nitrogens with zero attached hydrogens (tertiary/aromatic N) is 2. The number of rotatable bonds is 7. The van der Waals surface area contributed by atoms with E-state index in [0.29, 0.717) is 24.6 Å². The van der Waals surface area contributed by atoms with Gasteiger partial charge in [0.15, 0.2) is 5.69 Å². The van der Waals surface area contributed by atoms with E-state index in [-0.39, 0.29) is 11.8 Å². The minimum atomic E-state index is -4.53. The summed E-state index contributed by atoms with van der Waals surface area (Å²) in [5, 5.41) is 5.39. The second kappa shape index (κ2) is 7.41. The van der Waals surface area contributed by atoms with Crippen LogP contribution in [0.5, 0.6) is 0 Å². The Labute approximate surface area is 117 Å². The van der Waals surface area contributed by atoms with Gasteiger partial charge in [-0.25, -0.2) is 4.98 Å². The SMILES string of the molecule is CCNc1nc(NCCS(=O)CC)cc(C(F)(F)F)n1. The molecular formula is C11H17F3N4OS. The summed E-state index contributed by atoms with van der Waals surface area (Å²) in [5.74, 6) is 0.859. The van der Waals surface area contributed by atoms with Crippen molar-refractivity contribution in [3.63, 3.8) is 0 Å². The van der Waals surface area contributed by atoms with Crippen LogP contribution in [-0.4, -0.2) is 38.8 Å². The molecule has 0 radical (unpaired) electrons. The fourth-order valence-electron chi connectivity index (χ4n) is 1.36. The van der Waals surface area contributed by atoms with Crippen LogP contribution in [0.25, 0.3) is 0 Å². The Bertz CT molecular complexity index is 467. The molecular weight excluding hydrogens is 293 g/mol. The Kier molecular flexibility index (Phi) is 6.18. The van der Waals surface area contributed by atoms with Crippen LogP contribution in [0.4, 0.5) is 24.9 Å². The smallest absolute Gasteiger partial charge is 0.369 e. The van der Waals surface area contributed by atoms with E-state index < -0.39 is 22.7 Å². The fraction of sp³-hybridized carbons (Fsp3) is 0.636. The van der Waals surface area contributed by atoms with E-state index in [1.807, 2.05) is 0 Å². The number of hydrogen-bond acceptors (Lipinski definition) is 5. The largest absolute Gasteiger partial charge is 0.433 e. The van der Waals surface area contributed by atoms with Gasteiger partial charge in [0, 0.05) is 41.5 Å². The minimum Gasteiger partial charge on any atom is -0.369 e. The van der Waals surface area contributed by atoms with E-state index in [2.05, 4.69) is 20.6 Å². The molecule has 1 unspecified atom stereocenters. The van der Waals surface area contributed by atoms with E-state index in [4.69, 9.17) is 0 Å². The van der Waals surface area contributed by atoms with Crippen molar-refractivity contribution < 1.29 is 17.4 Å². The number of alkyl halides is 3. The van der Waals surface area contributed by atoms with Gasteiger partial charge in [0.1, 0.15) is 5.82 Å². The molecule has 0 saturated carbocycles. The topological polar surface area (TPSA) is 66.9 Å². The third-order valence-corrected chi connectivity index (χ3v) is 3.61. The van der Waals surface area contributed by atoms with E-state index in [1.54, 1.807) is 13.8 Å². The van der Waals surface area contributed by atoms with Crippen LogP contribution in [0.1, 0.15) is 19.5 Å². The zero-order valence-corrected chi connectivity index (χ0v) is 12.1. The molecule has 0 spiro atoms. The molecule has 0 bridgehead atoms. The normalized spacial score (nSPS) is 13.1. The number of nitrogens with one attached hydrogen (secondary N) is 2. The highest BCUT2D eigenvalue weighted by atomic mass is 32.2. The average molecular weight is 310 g/mol. The van der Waals surface area contributed by atoms with Crippen LogP contribution in [-0.2, 0) is 17.0 Å². The Hall–Kier alpha value is -1.38. The van der Waals surface area contributed by atoms with Gasteiger partial charge in [-0.1, -0.05) is 6.92 Å². The van der Waals surface area contributed by atoms with Gasteiger partial charge in [0.05, 0.1) is 0 Å². The molecule has 5 nitrogen and oxygen atoms in total. The summed E-state index contributed by atoms with van der Waals surface area (Å²) in [6.45, 7) is 4.23. The lowest BCUT2D eigenvalue weighted by atomic mass is 10.3. The lowest BCUT2D eigenvalue weighted by Crippen LogP contribution is -2.16. The standard InChI is InChI=1S/C11H17F3N4OS/c1-3-15-10-17-8(11(12,13)14)7-9(18-10)16-5-6-20(19)4-2/h7H,3-6H2,1-2H3,(H2,15,16,17,18). The Morgan fingerprint density at radius 1 is 1.25 bits per heavy atom. The third-order valence-electron chi connectivity index (χ3n) is 2.31. The van der Waals surface area contributed by atoms with Gasteiger partial charge < -0.3 is 10.6 Å². The highest BCUT2D eigenvalue weighted by molar-refractivity contribution is 7.84. The maximum Gasteiger partial charge on any atom is 0.433 e. The molecule has 1 rings (SSSR count). The van der Waals surface area contributed by atoms with Gasteiger partial charge in [0.25, 0.3) is 0 Å². The Balaban J connectivity index is 2.83. The summed E-state index contributed by atoms with van der Waals surface area (Å²) in [6, 6.07) is 0.843. The molecule has 0 aromatic carbocycles. The van der Waals surface area contributed by atoms with Crippen molar-refractivity contribution in [1.82, 2.24) is 9.97 Å². The first-order valence-electron chi connectivity index (χ1n) is 6.15. The number of hydrogen-bond donors (Lipinski definition) is 2. The van der Waals surface area contributed by atoms with Gasteiger partial charge in [-0.15, -0.1) is 0 Å². The summed E-state index contributed by atoms with van der Waals surface area (Å²) < 4.78 is 49.3. The zero-order valence-electron chi connectivity index (χ0n) is 11.3. The summed E-state index contributed by atoms with van der Waals surface area (Å²) in [7, 11) is -0.976. The number of aromatic nitrogens is 2. The van der Waals surface area contributed by atoms with Crippen molar-refractivity contribution in [2.24, 2.45) is 0 Å². The lowest BCUT2D eigenvalue weighted by molar-refractivity contribution is -0.141. The van der Waals surface area contributed by atoms with E-state index in [9.17, 15) is 17.4 Å². The first kappa shape index (κ1) is 16.7. The molecule has 0 fully saturated rings. The van der Waals surface area contributed by atoms with Crippen molar-refractivity contribution in [1.29, 1.82) is 0 Å². The second-order valence-corrected chi connectivity index (χ2v) is 5.71. The van der Waals surface area contributed by atoms with Crippen LogP contribution in [0.2, 0.25) is 0 Å². The molecule has 114 valence electrons. The molecule has 0 amide bonds. The lowest BCUT2D eigenvalue weighted by Gasteiger charge is -2.12. The van der Waals surface area contributed by atoms with E-state index >= 15 is 0 Å². The molecule has 1 aromatic heterocycles. The summed E-state index contributed by atoms with van der Waals surface area (Å²) in [6.07, 6.45) is -4.53. The molecule has 9 heteroatoms. The van der Waals surface area contributed by atoms with Crippen LogP contribution in [0.3, 0.4) is 0 Å². The molecule has 20 heavy (non-hydrogen) atoms.